The summed E-state index contributed by atoms with van der Waals surface area (Å²) in [5.74, 6) is -0.493. The Balaban J connectivity index is 1.70. The summed E-state index contributed by atoms with van der Waals surface area (Å²) in [6.07, 6.45) is 0. The van der Waals surface area contributed by atoms with Gasteiger partial charge in [0.15, 0.2) is 17.1 Å². The number of tetrazole rings is 1. The number of hydrogen-bond acceptors (Lipinski definition) is 8. The van der Waals surface area contributed by atoms with Gasteiger partial charge in [-0.2, -0.15) is 5.26 Å². The number of H-pyrrole nitrogens is 1. The van der Waals surface area contributed by atoms with E-state index in [9.17, 15) is 9.59 Å². The third-order valence-electron chi connectivity index (χ3n) is 4.00. The first kappa shape index (κ1) is 17.8. The molecule has 0 saturated carbocycles. The number of benzene rings is 2. The Morgan fingerprint density at radius 3 is 2.76 bits per heavy atom. The summed E-state index contributed by atoms with van der Waals surface area (Å²) >= 11 is 0. The standard InChI is InChI=1S/C18H12N8O3/c1-9(27)20-11-3-5-15-13(7-11)16(24-29-15)18(28)21-14-4-2-10(8-19)6-12(14)17-22-25-26-23-17/h2-7H,1H3,(H,20,27)(H,21,28)(H,22,23,25,26). The Labute approximate surface area is 162 Å². The van der Waals surface area contributed by atoms with E-state index in [1.807, 2.05) is 6.07 Å². The van der Waals surface area contributed by atoms with Crippen molar-refractivity contribution in [2.45, 2.75) is 6.92 Å². The van der Waals surface area contributed by atoms with Gasteiger partial charge in [-0.25, -0.2) is 5.10 Å². The van der Waals surface area contributed by atoms with Crippen molar-refractivity contribution in [2.75, 3.05) is 10.6 Å². The third-order valence-corrected chi connectivity index (χ3v) is 4.00. The molecule has 3 N–H and O–H groups in total. The van der Waals surface area contributed by atoms with Crippen molar-refractivity contribution in [3.05, 3.63) is 47.7 Å². The molecule has 0 aliphatic carbocycles. The van der Waals surface area contributed by atoms with Crippen molar-refractivity contribution in [2.24, 2.45) is 0 Å². The van der Waals surface area contributed by atoms with Crippen molar-refractivity contribution < 1.29 is 14.1 Å². The molecule has 0 aliphatic rings. The molecule has 11 nitrogen and oxygen atoms in total. The van der Waals surface area contributed by atoms with Crippen molar-refractivity contribution in [3.8, 4) is 17.5 Å². The van der Waals surface area contributed by atoms with Crippen LogP contribution in [-0.2, 0) is 4.79 Å². The smallest absolute Gasteiger partial charge is 0.278 e. The van der Waals surface area contributed by atoms with Gasteiger partial charge in [0.25, 0.3) is 5.91 Å². The second-order valence-electron chi connectivity index (χ2n) is 6.00. The number of carbonyl (C=O) groups is 2. The van der Waals surface area contributed by atoms with Crippen LogP contribution in [0.3, 0.4) is 0 Å². The van der Waals surface area contributed by atoms with E-state index in [1.165, 1.54) is 6.92 Å². The molecule has 0 fully saturated rings. The number of nitriles is 1. The zero-order valence-corrected chi connectivity index (χ0v) is 14.9. The SMILES string of the molecule is CC(=O)Nc1ccc2onc(C(=O)Nc3ccc(C#N)cc3-c3nnn[nH]3)c2c1. The molecule has 4 rings (SSSR count). The van der Waals surface area contributed by atoms with Crippen LogP contribution in [0.2, 0.25) is 0 Å². The molecule has 2 aromatic carbocycles. The van der Waals surface area contributed by atoms with E-state index in [4.69, 9.17) is 9.78 Å². The summed E-state index contributed by atoms with van der Waals surface area (Å²) < 4.78 is 5.20. The summed E-state index contributed by atoms with van der Waals surface area (Å²) in [4.78, 5) is 24.1. The average molecular weight is 388 g/mol. The zero-order valence-electron chi connectivity index (χ0n) is 14.9. The highest BCUT2D eigenvalue weighted by molar-refractivity contribution is 6.12. The Kier molecular flexibility index (Phi) is 4.42. The molecule has 0 aliphatic heterocycles. The molecule has 0 bridgehead atoms. The summed E-state index contributed by atoms with van der Waals surface area (Å²) in [5.41, 5.74) is 2.13. The first-order chi connectivity index (χ1) is 14.0. The normalized spacial score (nSPS) is 10.5. The number of rotatable bonds is 4. The number of nitrogens with zero attached hydrogens (tertiary/aromatic N) is 5. The predicted molar refractivity (Wildman–Crippen MR) is 101 cm³/mol. The average Bonchev–Trinajstić information content (AvgIpc) is 3.37. The van der Waals surface area contributed by atoms with Gasteiger partial charge in [-0.3, -0.25) is 9.59 Å². The number of aromatic amines is 1. The molecule has 0 saturated heterocycles. The van der Waals surface area contributed by atoms with Gasteiger partial charge in [-0.15, -0.1) is 5.10 Å². The molecule has 0 spiro atoms. The van der Waals surface area contributed by atoms with Crippen molar-refractivity contribution in [3.63, 3.8) is 0 Å². The maximum absolute atomic E-state index is 12.9. The van der Waals surface area contributed by atoms with Crippen LogP contribution in [0.5, 0.6) is 0 Å². The molecular formula is C18H12N8O3. The van der Waals surface area contributed by atoms with Crippen molar-refractivity contribution >= 4 is 34.2 Å². The lowest BCUT2D eigenvalue weighted by molar-refractivity contribution is -0.114. The number of nitrogens with one attached hydrogen (secondary N) is 3. The summed E-state index contributed by atoms with van der Waals surface area (Å²) in [7, 11) is 0. The Morgan fingerprint density at radius 2 is 2.03 bits per heavy atom. The van der Waals surface area contributed by atoms with Crippen LogP contribution in [0, 0.1) is 11.3 Å². The highest BCUT2D eigenvalue weighted by atomic mass is 16.5. The van der Waals surface area contributed by atoms with Crippen LogP contribution in [-0.4, -0.2) is 37.6 Å². The number of aromatic nitrogens is 5. The Morgan fingerprint density at radius 1 is 1.17 bits per heavy atom. The third kappa shape index (κ3) is 3.50. The Hall–Kier alpha value is -4.59. The van der Waals surface area contributed by atoms with Gasteiger partial charge >= 0.3 is 0 Å². The van der Waals surface area contributed by atoms with E-state index in [1.54, 1.807) is 36.4 Å². The van der Waals surface area contributed by atoms with E-state index in [2.05, 4.69) is 36.4 Å². The summed E-state index contributed by atoms with van der Waals surface area (Å²) in [5, 5.41) is 32.3. The minimum atomic E-state index is -0.540. The molecule has 11 heteroatoms. The lowest BCUT2D eigenvalue weighted by Crippen LogP contribution is -2.14. The quantitative estimate of drug-likeness (QED) is 0.478. The molecule has 2 aromatic heterocycles. The van der Waals surface area contributed by atoms with Crippen molar-refractivity contribution in [1.29, 1.82) is 5.26 Å². The van der Waals surface area contributed by atoms with E-state index in [0.717, 1.165) is 0 Å². The largest absolute Gasteiger partial charge is 0.355 e. The van der Waals surface area contributed by atoms with Crippen LogP contribution in [0.4, 0.5) is 11.4 Å². The fourth-order valence-corrected chi connectivity index (χ4v) is 2.76. The lowest BCUT2D eigenvalue weighted by atomic mass is 10.1. The number of hydrogen-bond donors (Lipinski definition) is 3. The first-order valence-electron chi connectivity index (χ1n) is 8.32. The van der Waals surface area contributed by atoms with Crippen LogP contribution in [0.25, 0.3) is 22.4 Å². The van der Waals surface area contributed by atoms with Crippen LogP contribution >= 0.6 is 0 Å². The minimum absolute atomic E-state index is 0.0400. The highest BCUT2D eigenvalue weighted by Gasteiger charge is 2.19. The molecule has 4 aromatic rings. The summed E-state index contributed by atoms with van der Waals surface area (Å²) in [6, 6.07) is 11.6. The molecule has 2 amide bonds. The van der Waals surface area contributed by atoms with Gasteiger partial charge in [-0.1, -0.05) is 5.16 Å². The number of amides is 2. The van der Waals surface area contributed by atoms with Crippen LogP contribution in [0.1, 0.15) is 23.0 Å². The predicted octanol–water partition coefficient (Wildman–Crippen LogP) is 2.09. The fourth-order valence-electron chi connectivity index (χ4n) is 2.76. The second-order valence-corrected chi connectivity index (χ2v) is 6.00. The number of carbonyl (C=O) groups excluding carboxylic acids is 2. The van der Waals surface area contributed by atoms with Gasteiger partial charge in [0.1, 0.15) is 0 Å². The molecule has 0 radical (unpaired) electrons. The fraction of sp³-hybridized carbons (Fsp3) is 0.0556. The van der Waals surface area contributed by atoms with Crippen LogP contribution in [0.15, 0.2) is 40.9 Å². The van der Waals surface area contributed by atoms with Gasteiger partial charge in [-0.05, 0) is 46.8 Å². The van der Waals surface area contributed by atoms with Crippen molar-refractivity contribution in [1.82, 2.24) is 25.8 Å². The Bertz CT molecular complexity index is 1270. The molecule has 0 unspecified atom stereocenters. The van der Waals surface area contributed by atoms with Crippen LogP contribution < -0.4 is 10.6 Å². The topological polar surface area (TPSA) is 162 Å². The van der Waals surface area contributed by atoms with Gasteiger partial charge in [0, 0.05) is 18.2 Å². The van der Waals surface area contributed by atoms with Gasteiger partial charge in [0.05, 0.1) is 22.7 Å². The highest BCUT2D eigenvalue weighted by Crippen LogP contribution is 2.28. The number of anilines is 2. The second kappa shape index (κ2) is 7.20. The first-order valence-corrected chi connectivity index (χ1v) is 8.32. The molecule has 0 atom stereocenters. The molecule has 29 heavy (non-hydrogen) atoms. The number of fused-ring (bicyclic) bond motifs is 1. The lowest BCUT2D eigenvalue weighted by Gasteiger charge is -2.08. The van der Waals surface area contributed by atoms with Gasteiger partial charge < -0.3 is 15.2 Å². The van der Waals surface area contributed by atoms with E-state index >= 15 is 0 Å². The van der Waals surface area contributed by atoms with E-state index in [0.29, 0.717) is 33.5 Å². The molecular weight excluding hydrogens is 376 g/mol. The molecule has 2 heterocycles. The monoisotopic (exact) mass is 388 g/mol. The van der Waals surface area contributed by atoms with E-state index in [-0.39, 0.29) is 17.4 Å². The maximum atomic E-state index is 12.9. The summed E-state index contributed by atoms with van der Waals surface area (Å²) in [6.45, 7) is 1.39. The van der Waals surface area contributed by atoms with Gasteiger partial charge in [0.2, 0.25) is 5.91 Å². The molecule has 142 valence electrons. The zero-order chi connectivity index (χ0) is 20.4. The van der Waals surface area contributed by atoms with E-state index < -0.39 is 5.91 Å². The minimum Gasteiger partial charge on any atom is -0.355 e. The maximum Gasteiger partial charge on any atom is 0.278 e.